The van der Waals surface area contributed by atoms with Gasteiger partial charge in [-0.1, -0.05) is 6.07 Å². The fourth-order valence-electron chi connectivity index (χ4n) is 2.00. The lowest BCUT2D eigenvalue weighted by atomic mass is 10.0. The molecule has 70 valence electrons. The van der Waals surface area contributed by atoms with Crippen molar-refractivity contribution in [2.45, 2.75) is 31.7 Å². The van der Waals surface area contributed by atoms with Crippen molar-refractivity contribution in [3.8, 4) is 0 Å². The Morgan fingerprint density at radius 1 is 1.38 bits per heavy atom. The highest BCUT2D eigenvalue weighted by Crippen LogP contribution is 2.06. The first-order chi connectivity index (χ1) is 6.45. The number of rotatable bonds is 2. The molecule has 0 aromatic carbocycles. The molecule has 2 heterocycles. The van der Waals surface area contributed by atoms with Crippen molar-refractivity contribution in [1.29, 1.82) is 0 Å². The van der Waals surface area contributed by atoms with Gasteiger partial charge in [0.25, 0.3) is 0 Å². The molecular formula is C11H17N2+. The summed E-state index contributed by atoms with van der Waals surface area (Å²) >= 11 is 0. The average molecular weight is 177 g/mol. The molecule has 13 heavy (non-hydrogen) atoms. The van der Waals surface area contributed by atoms with Crippen LogP contribution in [-0.2, 0) is 6.42 Å². The molecule has 1 fully saturated rings. The van der Waals surface area contributed by atoms with Crippen molar-refractivity contribution in [3.63, 3.8) is 0 Å². The lowest BCUT2D eigenvalue weighted by molar-refractivity contribution is -0.697. The Hall–Kier alpha value is -0.890. The summed E-state index contributed by atoms with van der Waals surface area (Å²) in [6.45, 7) is 1.30. The Morgan fingerprint density at radius 3 is 3.08 bits per heavy atom. The monoisotopic (exact) mass is 177 g/mol. The Labute approximate surface area is 79.4 Å². The lowest BCUT2D eigenvalue weighted by Crippen LogP contribution is -2.91. The summed E-state index contributed by atoms with van der Waals surface area (Å²) in [4.78, 5) is 4.35. The number of piperidine rings is 1. The van der Waals surface area contributed by atoms with E-state index in [1.54, 1.807) is 0 Å². The van der Waals surface area contributed by atoms with Crippen LogP contribution in [0, 0.1) is 0 Å². The smallest absolute Gasteiger partial charge is 0.0915 e. The minimum Gasteiger partial charge on any atom is -0.343 e. The second kappa shape index (κ2) is 4.38. The number of pyridine rings is 1. The molecule has 0 radical (unpaired) electrons. The van der Waals surface area contributed by atoms with Crippen LogP contribution in [0.5, 0.6) is 0 Å². The molecule has 2 nitrogen and oxygen atoms in total. The summed E-state index contributed by atoms with van der Waals surface area (Å²) in [5.74, 6) is 0. The molecule has 2 rings (SSSR count). The fraction of sp³-hybridized carbons (Fsp3) is 0.545. The van der Waals surface area contributed by atoms with E-state index in [1.807, 2.05) is 12.3 Å². The third-order valence-electron chi connectivity index (χ3n) is 2.73. The molecule has 0 aliphatic carbocycles. The van der Waals surface area contributed by atoms with E-state index < -0.39 is 0 Å². The number of hydrogen-bond donors (Lipinski definition) is 1. The first-order valence-corrected chi connectivity index (χ1v) is 5.18. The molecule has 1 saturated heterocycles. The zero-order valence-corrected chi connectivity index (χ0v) is 7.95. The summed E-state index contributed by atoms with van der Waals surface area (Å²) < 4.78 is 0. The predicted octanol–water partition coefficient (Wildman–Crippen LogP) is 0.740. The van der Waals surface area contributed by atoms with Crippen molar-refractivity contribution in [3.05, 3.63) is 30.1 Å². The van der Waals surface area contributed by atoms with Crippen LogP contribution in [0.2, 0.25) is 0 Å². The number of hydrogen-bond acceptors (Lipinski definition) is 1. The third-order valence-corrected chi connectivity index (χ3v) is 2.73. The summed E-state index contributed by atoms with van der Waals surface area (Å²) in [5, 5.41) is 2.47. The quantitative estimate of drug-likeness (QED) is 0.709. The van der Waals surface area contributed by atoms with Crippen LogP contribution in [0.15, 0.2) is 24.4 Å². The van der Waals surface area contributed by atoms with Crippen LogP contribution in [0.4, 0.5) is 0 Å². The molecular weight excluding hydrogens is 160 g/mol. The molecule has 0 saturated carbocycles. The van der Waals surface area contributed by atoms with Crippen LogP contribution >= 0.6 is 0 Å². The van der Waals surface area contributed by atoms with E-state index in [9.17, 15) is 0 Å². The molecule has 1 aliphatic heterocycles. The van der Waals surface area contributed by atoms with Crippen LogP contribution < -0.4 is 5.32 Å². The summed E-state index contributed by atoms with van der Waals surface area (Å²) in [6.07, 6.45) is 7.17. The van der Waals surface area contributed by atoms with Crippen molar-refractivity contribution in [1.82, 2.24) is 4.98 Å². The summed E-state index contributed by atoms with van der Waals surface area (Å²) in [5.41, 5.74) is 1.24. The molecule has 0 unspecified atom stereocenters. The first kappa shape index (κ1) is 8.70. The minimum absolute atomic E-state index is 0.781. The van der Waals surface area contributed by atoms with E-state index in [-0.39, 0.29) is 0 Å². The maximum Gasteiger partial charge on any atom is 0.0915 e. The lowest BCUT2D eigenvalue weighted by Gasteiger charge is -2.19. The first-order valence-electron chi connectivity index (χ1n) is 5.18. The molecule has 0 spiro atoms. The molecule has 1 atom stereocenters. The SMILES string of the molecule is c1ccc(C[C@H]2CCCC[NH2+]2)nc1. The Bertz CT molecular complexity index is 240. The standard InChI is InChI=1S/C11H16N2/c1-3-7-12-10(5-1)9-11-6-2-4-8-13-11/h1,3,5,7,11,13H,2,4,6,8-9H2/p+1/t11-/m1/s1. The maximum absolute atomic E-state index is 4.35. The summed E-state index contributed by atoms with van der Waals surface area (Å²) in [7, 11) is 0. The Morgan fingerprint density at radius 2 is 2.38 bits per heavy atom. The number of nitrogens with two attached hydrogens (primary N) is 1. The van der Waals surface area contributed by atoms with E-state index >= 15 is 0 Å². The van der Waals surface area contributed by atoms with Gasteiger partial charge in [0.05, 0.1) is 12.6 Å². The van der Waals surface area contributed by atoms with E-state index in [4.69, 9.17) is 0 Å². The Balaban J connectivity index is 1.90. The minimum atomic E-state index is 0.781. The van der Waals surface area contributed by atoms with Gasteiger partial charge in [-0.2, -0.15) is 0 Å². The highest BCUT2D eigenvalue weighted by molar-refractivity contribution is 5.04. The molecule has 0 amide bonds. The number of nitrogens with zero attached hydrogens (tertiary/aromatic N) is 1. The molecule has 1 aromatic heterocycles. The molecule has 2 N–H and O–H groups in total. The van der Waals surface area contributed by atoms with E-state index in [1.165, 1.54) is 31.5 Å². The van der Waals surface area contributed by atoms with Gasteiger partial charge >= 0.3 is 0 Å². The van der Waals surface area contributed by atoms with Gasteiger partial charge in [-0.3, -0.25) is 4.98 Å². The van der Waals surface area contributed by atoms with Crippen molar-refractivity contribution in [2.24, 2.45) is 0 Å². The van der Waals surface area contributed by atoms with Crippen molar-refractivity contribution < 1.29 is 5.32 Å². The van der Waals surface area contributed by atoms with Crippen molar-refractivity contribution in [2.75, 3.05) is 6.54 Å². The third kappa shape index (κ3) is 2.52. The second-order valence-corrected chi connectivity index (χ2v) is 3.81. The van der Waals surface area contributed by atoms with E-state index in [0.717, 1.165) is 12.5 Å². The van der Waals surface area contributed by atoms with Gasteiger partial charge < -0.3 is 5.32 Å². The molecule has 0 bridgehead atoms. The van der Waals surface area contributed by atoms with Gasteiger partial charge in [0.1, 0.15) is 0 Å². The number of aromatic nitrogens is 1. The fourth-order valence-corrected chi connectivity index (χ4v) is 2.00. The van der Waals surface area contributed by atoms with Crippen molar-refractivity contribution >= 4 is 0 Å². The summed E-state index contributed by atoms with van der Waals surface area (Å²) in [6, 6.07) is 6.96. The Kier molecular flexibility index (Phi) is 2.93. The van der Waals surface area contributed by atoms with E-state index in [2.05, 4.69) is 22.4 Å². The maximum atomic E-state index is 4.35. The van der Waals surface area contributed by atoms with Gasteiger partial charge in [-0.25, -0.2) is 0 Å². The predicted molar refractivity (Wildman–Crippen MR) is 52.4 cm³/mol. The normalized spacial score (nSPS) is 22.9. The highest BCUT2D eigenvalue weighted by atomic mass is 14.9. The zero-order chi connectivity index (χ0) is 8.93. The van der Waals surface area contributed by atoms with Crippen LogP contribution in [0.1, 0.15) is 25.0 Å². The second-order valence-electron chi connectivity index (χ2n) is 3.81. The topological polar surface area (TPSA) is 29.5 Å². The highest BCUT2D eigenvalue weighted by Gasteiger charge is 2.16. The van der Waals surface area contributed by atoms with E-state index in [0.29, 0.717) is 0 Å². The molecule has 2 heteroatoms. The average Bonchev–Trinajstić information content (AvgIpc) is 2.21. The molecule has 1 aliphatic rings. The van der Waals surface area contributed by atoms with Gasteiger partial charge in [0.15, 0.2) is 0 Å². The molecule has 1 aromatic rings. The van der Waals surface area contributed by atoms with Gasteiger partial charge in [0.2, 0.25) is 0 Å². The van der Waals surface area contributed by atoms with Gasteiger partial charge in [0, 0.05) is 18.3 Å². The number of quaternary nitrogens is 1. The van der Waals surface area contributed by atoms with Crippen LogP contribution in [-0.4, -0.2) is 17.6 Å². The largest absolute Gasteiger partial charge is 0.343 e. The van der Waals surface area contributed by atoms with Gasteiger partial charge in [-0.15, -0.1) is 0 Å². The zero-order valence-electron chi connectivity index (χ0n) is 7.95. The van der Waals surface area contributed by atoms with Crippen LogP contribution in [0.3, 0.4) is 0 Å². The van der Waals surface area contributed by atoms with Crippen LogP contribution in [0.25, 0.3) is 0 Å². The van der Waals surface area contributed by atoms with Gasteiger partial charge in [-0.05, 0) is 31.4 Å².